The minimum absolute atomic E-state index is 0.0660. The maximum Gasteiger partial charge on any atom is 0.416 e. The predicted molar refractivity (Wildman–Crippen MR) is 137 cm³/mol. The molecule has 0 unspecified atom stereocenters. The molecule has 0 bridgehead atoms. The van der Waals surface area contributed by atoms with Gasteiger partial charge in [0.25, 0.3) is 12.3 Å². The van der Waals surface area contributed by atoms with Crippen molar-refractivity contribution in [3.05, 3.63) is 82.9 Å². The summed E-state index contributed by atoms with van der Waals surface area (Å²) in [5, 5.41) is 5.31. The molecule has 3 N–H and O–H groups in total. The van der Waals surface area contributed by atoms with E-state index >= 15 is 0 Å². The number of aromatic amines is 1. The molecule has 0 radical (unpaired) electrons. The average molecular weight is 545 g/mol. The number of aromatic nitrogens is 2. The fourth-order valence-electron chi connectivity index (χ4n) is 3.78. The molecule has 0 fully saturated rings. The van der Waals surface area contributed by atoms with Gasteiger partial charge in [-0.2, -0.15) is 13.2 Å². The molecule has 0 atom stereocenters. The van der Waals surface area contributed by atoms with Gasteiger partial charge in [-0.1, -0.05) is 32.9 Å². The number of anilines is 1. The summed E-state index contributed by atoms with van der Waals surface area (Å²) < 4.78 is 66.2. The molecule has 4 rings (SSSR count). The molecular weight excluding hydrogens is 519 g/mol. The number of hydrogen-bond acceptors (Lipinski definition) is 3. The molecule has 204 valence electrons. The molecule has 2 amide bonds. The second kappa shape index (κ2) is 10.5. The van der Waals surface area contributed by atoms with Crippen LogP contribution in [0.15, 0.2) is 60.7 Å². The van der Waals surface area contributed by atoms with Gasteiger partial charge in [-0.3, -0.25) is 9.59 Å². The summed E-state index contributed by atoms with van der Waals surface area (Å²) in [6, 6.07) is 13.3. The lowest BCUT2D eigenvalue weighted by atomic mass is 9.95. The largest absolute Gasteiger partial charge is 0.416 e. The van der Waals surface area contributed by atoms with E-state index in [1.54, 1.807) is 32.9 Å². The molecule has 1 heterocycles. The van der Waals surface area contributed by atoms with E-state index in [4.69, 9.17) is 0 Å². The average Bonchev–Trinajstić information content (AvgIpc) is 3.30. The molecule has 6 nitrogen and oxygen atoms in total. The van der Waals surface area contributed by atoms with Crippen molar-refractivity contribution in [1.82, 2.24) is 15.3 Å². The summed E-state index contributed by atoms with van der Waals surface area (Å²) in [5.74, 6) is -0.658. The molecule has 0 aliphatic rings. The molecule has 0 saturated heterocycles. The van der Waals surface area contributed by atoms with Gasteiger partial charge in [-0.05, 0) is 54.1 Å². The molecule has 4 aromatic rings. The number of halogens is 5. The van der Waals surface area contributed by atoms with Gasteiger partial charge in [0.05, 0.1) is 16.6 Å². The Morgan fingerprint density at radius 1 is 0.949 bits per heavy atom. The van der Waals surface area contributed by atoms with Crippen LogP contribution < -0.4 is 10.6 Å². The van der Waals surface area contributed by atoms with Gasteiger partial charge in [-0.25, -0.2) is 13.8 Å². The molecule has 3 aromatic carbocycles. The van der Waals surface area contributed by atoms with Gasteiger partial charge in [0.1, 0.15) is 5.82 Å². The number of amides is 2. The van der Waals surface area contributed by atoms with E-state index < -0.39 is 35.1 Å². The van der Waals surface area contributed by atoms with Crippen LogP contribution in [0.3, 0.4) is 0 Å². The monoisotopic (exact) mass is 544 g/mol. The number of imidazole rings is 1. The van der Waals surface area contributed by atoms with Crippen LogP contribution in [0.25, 0.3) is 22.4 Å². The Morgan fingerprint density at radius 3 is 2.26 bits per heavy atom. The van der Waals surface area contributed by atoms with Gasteiger partial charge >= 0.3 is 6.18 Å². The molecule has 1 aromatic heterocycles. The van der Waals surface area contributed by atoms with Crippen LogP contribution in [-0.2, 0) is 17.5 Å². The number of hydrogen-bond donors (Lipinski definition) is 3. The summed E-state index contributed by atoms with van der Waals surface area (Å²) in [6.07, 6.45) is -7.37. The first-order valence-corrected chi connectivity index (χ1v) is 11.9. The summed E-state index contributed by atoms with van der Waals surface area (Å²) in [4.78, 5) is 32.2. The van der Waals surface area contributed by atoms with E-state index in [0.717, 1.165) is 18.2 Å². The molecule has 0 saturated carbocycles. The number of H-pyrrole nitrogens is 1. The van der Waals surface area contributed by atoms with Crippen LogP contribution in [0.5, 0.6) is 0 Å². The van der Waals surface area contributed by atoms with E-state index in [0.29, 0.717) is 28.2 Å². The Morgan fingerprint density at radius 2 is 1.64 bits per heavy atom. The van der Waals surface area contributed by atoms with E-state index in [2.05, 4.69) is 20.6 Å². The fourth-order valence-corrected chi connectivity index (χ4v) is 3.78. The van der Waals surface area contributed by atoms with Crippen molar-refractivity contribution < 1.29 is 31.5 Å². The minimum Gasteiger partial charge on any atom is -0.352 e. The minimum atomic E-state index is -4.48. The van der Waals surface area contributed by atoms with Gasteiger partial charge in [0, 0.05) is 34.3 Å². The first kappa shape index (κ1) is 27.7. The molecular formula is C28H25F5N4O2. The highest BCUT2D eigenvalue weighted by atomic mass is 19.4. The number of carbonyl (C=O) groups excluding carboxylic acids is 2. The number of rotatable bonds is 6. The highest BCUT2D eigenvalue weighted by molar-refractivity contribution is 6.05. The number of nitrogens with zero attached hydrogens (tertiary/aromatic N) is 1. The molecule has 0 aliphatic carbocycles. The van der Waals surface area contributed by atoms with Gasteiger partial charge in [0.2, 0.25) is 5.91 Å². The summed E-state index contributed by atoms with van der Waals surface area (Å²) >= 11 is 0. The lowest BCUT2D eigenvalue weighted by molar-refractivity contribution is -0.137. The SMILES string of the molecule is CC(C)(C)C(=O)NCc1ccc(C(F)F)c(C(=O)Nc2ccc(-c3nc4ccc(C(F)(F)F)cc4[nH]3)cc2)c1. The van der Waals surface area contributed by atoms with Crippen LogP contribution in [0, 0.1) is 5.41 Å². The van der Waals surface area contributed by atoms with Crippen LogP contribution in [-0.4, -0.2) is 21.8 Å². The van der Waals surface area contributed by atoms with Gasteiger partial charge in [-0.15, -0.1) is 0 Å². The zero-order valence-electron chi connectivity index (χ0n) is 21.2. The van der Waals surface area contributed by atoms with Gasteiger partial charge < -0.3 is 15.6 Å². The quantitative estimate of drug-likeness (QED) is 0.226. The number of nitrogens with one attached hydrogen (secondary N) is 3. The third kappa shape index (κ3) is 6.42. The third-order valence-electron chi connectivity index (χ3n) is 5.96. The smallest absolute Gasteiger partial charge is 0.352 e. The van der Waals surface area contributed by atoms with Crippen molar-refractivity contribution in [3.63, 3.8) is 0 Å². The zero-order chi connectivity index (χ0) is 28.5. The normalized spacial score (nSPS) is 12.1. The number of benzene rings is 3. The molecule has 0 aliphatic heterocycles. The Kier molecular flexibility index (Phi) is 7.45. The third-order valence-corrected chi connectivity index (χ3v) is 5.96. The highest BCUT2D eigenvalue weighted by Crippen LogP contribution is 2.32. The highest BCUT2D eigenvalue weighted by Gasteiger charge is 2.30. The molecule has 39 heavy (non-hydrogen) atoms. The summed E-state index contributed by atoms with van der Waals surface area (Å²) in [7, 11) is 0. The van der Waals surface area contributed by atoms with Gasteiger partial charge in [0.15, 0.2) is 0 Å². The number of fused-ring (bicyclic) bond motifs is 1. The Labute approximate surface area is 220 Å². The summed E-state index contributed by atoms with van der Waals surface area (Å²) in [6.45, 7) is 5.29. The Balaban J connectivity index is 1.52. The van der Waals surface area contributed by atoms with Crippen molar-refractivity contribution in [3.8, 4) is 11.4 Å². The zero-order valence-corrected chi connectivity index (χ0v) is 21.2. The first-order valence-electron chi connectivity index (χ1n) is 11.9. The van der Waals surface area contributed by atoms with Crippen molar-refractivity contribution in [2.75, 3.05) is 5.32 Å². The van der Waals surface area contributed by atoms with E-state index in [1.165, 1.54) is 30.3 Å². The number of alkyl halides is 5. The second-order valence-corrected chi connectivity index (χ2v) is 10.0. The molecule has 0 spiro atoms. The van der Waals surface area contributed by atoms with E-state index in [-0.39, 0.29) is 23.5 Å². The Bertz CT molecular complexity index is 1520. The number of carbonyl (C=O) groups is 2. The van der Waals surface area contributed by atoms with Crippen LogP contribution >= 0.6 is 0 Å². The van der Waals surface area contributed by atoms with Crippen molar-refractivity contribution >= 4 is 28.5 Å². The standard InChI is InChI=1S/C28H25F5N4O2/c1-27(2,3)26(39)34-14-15-4-10-19(23(29)30)20(12-15)25(38)35-18-8-5-16(6-9-18)24-36-21-11-7-17(28(31,32)33)13-22(21)37-24/h4-13,23H,14H2,1-3H3,(H,34,39)(H,35,38)(H,36,37). The Hall–Kier alpha value is -4.28. The predicted octanol–water partition coefficient (Wildman–Crippen LogP) is 7.10. The van der Waals surface area contributed by atoms with Crippen molar-refractivity contribution in [2.24, 2.45) is 5.41 Å². The van der Waals surface area contributed by atoms with E-state index in [1.807, 2.05) is 0 Å². The van der Waals surface area contributed by atoms with Crippen LogP contribution in [0.4, 0.5) is 27.6 Å². The maximum atomic E-state index is 13.6. The lowest BCUT2D eigenvalue weighted by Crippen LogP contribution is -2.34. The summed E-state index contributed by atoms with van der Waals surface area (Å²) in [5.41, 5.74) is -0.200. The second-order valence-electron chi connectivity index (χ2n) is 10.0. The fraction of sp³-hybridized carbons (Fsp3) is 0.250. The van der Waals surface area contributed by atoms with E-state index in [9.17, 15) is 31.5 Å². The van der Waals surface area contributed by atoms with Crippen molar-refractivity contribution in [1.29, 1.82) is 0 Å². The topological polar surface area (TPSA) is 86.9 Å². The first-order chi connectivity index (χ1) is 18.2. The van der Waals surface area contributed by atoms with Crippen molar-refractivity contribution in [2.45, 2.75) is 39.9 Å². The van der Waals surface area contributed by atoms with Crippen LogP contribution in [0.2, 0.25) is 0 Å². The van der Waals surface area contributed by atoms with Crippen LogP contribution in [0.1, 0.15) is 54.2 Å². The maximum absolute atomic E-state index is 13.6. The molecule has 11 heteroatoms. The lowest BCUT2D eigenvalue weighted by Gasteiger charge is -2.18.